The van der Waals surface area contributed by atoms with Crippen LogP contribution in [0.15, 0.2) is 42.5 Å². The summed E-state index contributed by atoms with van der Waals surface area (Å²) in [7, 11) is 0. The number of nitrogens with one attached hydrogen (secondary N) is 1. The molecule has 0 aromatic heterocycles. The minimum Gasteiger partial charge on any atom is -0.375 e. The molecular weight excluding hydrogens is 357 g/mol. The van der Waals surface area contributed by atoms with E-state index in [1.54, 1.807) is 30.0 Å². The molecule has 1 aliphatic rings. The third-order valence-electron chi connectivity index (χ3n) is 4.61. The minimum atomic E-state index is -4.44. The van der Waals surface area contributed by atoms with Crippen LogP contribution in [-0.2, 0) is 17.4 Å². The maximum Gasteiger partial charge on any atom is 0.416 e. The minimum absolute atomic E-state index is 0.0487. The van der Waals surface area contributed by atoms with E-state index in [-0.39, 0.29) is 17.4 Å². The number of carbonyl (C=O) groups is 2. The highest BCUT2D eigenvalue weighted by Crippen LogP contribution is 2.31. The molecule has 1 atom stereocenters. The molecule has 0 saturated carbocycles. The summed E-state index contributed by atoms with van der Waals surface area (Å²) in [6, 6.07) is 9.21. The van der Waals surface area contributed by atoms with Gasteiger partial charge in [0.2, 0.25) is 5.91 Å². The van der Waals surface area contributed by atoms with E-state index in [4.69, 9.17) is 0 Å². The molecule has 1 heterocycles. The molecule has 4 nitrogen and oxygen atoms in total. The maximum atomic E-state index is 12.8. The Labute approximate surface area is 155 Å². The van der Waals surface area contributed by atoms with E-state index in [9.17, 15) is 22.8 Å². The van der Waals surface area contributed by atoms with Gasteiger partial charge in [0, 0.05) is 30.4 Å². The first-order valence-electron chi connectivity index (χ1n) is 8.56. The zero-order valence-electron chi connectivity index (χ0n) is 14.9. The van der Waals surface area contributed by atoms with E-state index in [0.29, 0.717) is 18.5 Å². The van der Waals surface area contributed by atoms with Crippen LogP contribution < -0.4 is 10.2 Å². The Morgan fingerprint density at radius 3 is 2.56 bits per heavy atom. The Hall–Kier alpha value is -2.83. The summed E-state index contributed by atoms with van der Waals surface area (Å²) in [5.74, 6) is -0.274. The lowest BCUT2D eigenvalue weighted by Gasteiger charge is -2.17. The average Bonchev–Trinajstić information content (AvgIpc) is 3.04. The van der Waals surface area contributed by atoms with Crippen molar-refractivity contribution in [2.24, 2.45) is 0 Å². The van der Waals surface area contributed by atoms with Crippen LogP contribution in [0.25, 0.3) is 0 Å². The van der Waals surface area contributed by atoms with Crippen molar-refractivity contribution in [2.75, 3.05) is 16.8 Å². The summed E-state index contributed by atoms with van der Waals surface area (Å²) < 4.78 is 38.5. The molecule has 0 saturated heterocycles. The number of hydrogen-bond acceptors (Lipinski definition) is 3. The molecular formula is C20H19F3N2O2. The Kier molecular flexibility index (Phi) is 4.95. The van der Waals surface area contributed by atoms with Crippen molar-refractivity contribution in [1.29, 1.82) is 0 Å². The monoisotopic (exact) mass is 376 g/mol. The SMILES string of the molecule is CC(=O)N1CCc2cc(C(=O)C(C)Nc3cccc(C(F)(F)F)c3)ccc21. The first-order valence-corrected chi connectivity index (χ1v) is 8.56. The molecule has 2 aromatic carbocycles. The highest BCUT2D eigenvalue weighted by Gasteiger charge is 2.30. The summed E-state index contributed by atoms with van der Waals surface area (Å²) in [5.41, 5.74) is 1.65. The molecule has 1 amide bonds. The molecule has 1 unspecified atom stereocenters. The van der Waals surface area contributed by atoms with Crippen molar-refractivity contribution in [3.05, 3.63) is 59.2 Å². The molecule has 142 valence electrons. The number of nitrogens with zero attached hydrogens (tertiary/aromatic N) is 1. The molecule has 0 aliphatic carbocycles. The van der Waals surface area contributed by atoms with Crippen molar-refractivity contribution < 1.29 is 22.8 Å². The van der Waals surface area contributed by atoms with Crippen LogP contribution in [0.4, 0.5) is 24.5 Å². The topological polar surface area (TPSA) is 49.4 Å². The number of Topliss-reactive ketones (excluding diaryl/α,β-unsaturated/α-hetero) is 1. The number of carbonyl (C=O) groups excluding carboxylic acids is 2. The van der Waals surface area contributed by atoms with Gasteiger partial charge in [0.15, 0.2) is 5.78 Å². The van der Waals surface area contributed by atoms with Crippen LogP contribution in [0.2, 0.25) is 0 Å². The zero-order valence-corrected chi connectivity index (χ0v) is 14.9. The number of fused-ring (bicyclic) bond motifs is 1. The van der Waals surface area contributed by atoms with E-state index in [1.807, 2.05) is 0 Å². The smallest absolute Gasteiger partial charge is 0.375 e. The second-order valence-electron chi connectivity index (χ2n) is 6.57. The predicted molar refractivity (Wildman–Crippen MR) is 97.0 cm³/mol. The predicted octanol–water partition coefficient (Wildman–Crippen LogP) is 4.30. The van der Waals surface area contributed by atoms with Crippen LogP contribution >= 0.6 is 0 Å². The third kappa shape index (κ3) is 3.97. The Balaban J connectivity index is 1.76. The molecule has 0 bridgehead atoms. The molecule has 7 heteroatoms. The van der Waals surface area contributed by atoms with Gasteiger partial charge in [0.05, 0.1) is 11.6 Å². The van der Waals surface area contributed by atoms with Gasteiger partial charge in [-0.1, -0.05) is 6.07 Å². The maximum absolute atomic E-state index is 12.8. The van der Waals surface area contributed by atoms with Crippen molar-refractivity contribution >= 4 is 23.1 Å². The second-order valence-corrected chi connectivity index (χ2v) is 6.57. The van der Waals surface area contributed by atoms with Gasteiger partial charge in [-0.15, -0.1) is 0 Å². The first-order chi connectivity index (χ1) is 12.7. The van der Waals surface area contributed by atoms with Gasteiger partial charge in [0.25, 0.3) is 0 Å². The van der Waals surface area contributed by atoms with Crippen LogP contribution in [0.3, 0.4) is 0 Å². The Morgan fingerprint density at radius 2 is 1.89 bits per heavy atom. The third-order valence-corrected chi connectivity index (χ3v) is 4.61. The van der Waals surface area contributed by atoms with Crippen molar-refractivity contribution in [1.82, 2.24) is 0 Å². The van der Waals surface area contributed by atoms with Gasteiger partial charge in [-0.25, -0.2) is 0 Å². The second kappa shape index (κ2) is 7.06. The summed E-state index contributed by atoms with van der Waals surface area (Å²) in [5, 5.41) is 2.83. The van der Waals surface area contributed by atoms with Crippen LogP contribution in [0.1, 0.15) is 35.3 Å². The molecule has 0 spiro atoms. The van der Waals surface area contributed by atoms with E-state index in [0.717, 1.165) is 23.4 Å². The molecule has 1 N–H and O–H groups in total. The van der Waals surface area contributed by atoms with Gasteiger partial charge in [0.1, 0.15) is 0 Å². The summed E-state index contributed by atoms with van der Waals surface area (Å²) in [6.07, 6.45) is -3.76. The van der Waals surface area contributed by atoms with E-state index in [2.05, 4.69) is 5.32 Å². The molecule has 2 aromatic rings. The van der Waals surface area contributed by atoms with Gasteiger partial charge < -0.3 is 10.2 Å². The molecule has 27 heavy (non-hydrogen) atoms. The van der Waals surface area contributed by atoms with E-state index in [1.165, 1.54) is 19.1 Å². The van der Waals surface area contributed by atoms with Gasteiger partial charge in [-0.05, 0) is 55.3 Å². The highest BCUT2D eigenvalue weighted by molar-refractivity contribution is 6.02. The Bertz CT molecular complexity index is 893. The fraction of sp³-hybridized carbons (Fsp3) is 0.300. The highest BCUT2D eigenvalue weighted by atomic mass is 19.4. The van der Waals surface area contributed by atoms with Crippen LogP contribution in [0.5, 0.6) is 0 Å². The summed E-state index contributed by atoms with van der Waals surface area (Å²) in [4.78, 5) is 25.9. The lowest BCUT2D eigenvalue weighted by Crippen LogP contribution is -2.27. The Morgan fingerprint density at radius 1 is 1.15 bits per heavy atom. The number of alkyl halides is 3. The number of ketones is 1. The summed E-state index contributed by atoms with van der Waals surface area (Å²) in [6.45, 7) is 3.69. The van der Waals surface area contributed by atoms with E-state index < -0.39 is 17.8 Å². The molecule has 1 aliphatic heterocycles. The van der Waals surface area contributed by atoms with Gasteiger partial charge in [-0.2, -0.15) is 13.2 Å². The van der Waals surface area contributed by atoms with Crippen LogP contribution in [-0.4, -0.2) is 24.3 Å². The average molecular weight is 376 g/mol. The molecule has 3 rings (SSSR count). The number of hydrogen-bond donors (Lipinski definition) is 1. The lowest BCUT2D eigenvalue weighted by atomic mass is 10.0. The standard InChI is InChI=1S/C20H19F3N2O2/c1-12(24-17-5-3-4-16(11-17)20(21,22)23)19(27)15-6-7-18-14(10-15)8-9-25(18)13(2)26/h3-7,10-12,24H,8-9H2,1-2H3. The quantitative estimate of drug-likeness (QED) is 0.810. The molecule has 0 radical (unpaired) electrons. The largest absolute Gasteiger partial charge is 0.416 e. The summed E-state index contributed by atoms with van der Waals surface area (Å²) >= 11 is 0. The van der Waals surface area contributed by atoms with Crippen molar-refractivity contribution in [3.8, 4) is 0 Å². The van der Waals surface area contributed by atoms with E-state index >= 15 is 0 Å². The number of anilines is 2. The first kappa shape index (κ1) is 18.9. The number of amides is 1. The molecule has 0 fully saturated rings. The fourth-order valence-electron chi connectivity index (χ4n) is 3.23. The lowest BCUT2D eigenvalue weighted by molar-refractivity contribution is -0.137. The van der Waals surface area contributed by atoms with Crippen molar-refractivity contribution in [2.45, 2.75) is 32.5 Å². The zero-order chi connectivity index (χ0) is 19.8. The fourth-order valence-corrected chi connectivity index (χ4v) is 3.23. The van der Waals surface area contributed by atoms with Gasteiger partial charge in [-0.3, -0.25) is 9.59 Å². The number of benzene rings is 2. The number of halogens is 3. The van der Waals surface area contributed by atoms with Gasteiger partial charge >= 0.3 is 6.18 Å². The normalized spacial score (nSPS) is 14.6. The van der Waals surface area contributed by atoms with Crippen LogP contribution in [0, 0.1) is 0 Å². The number of rotatable bonds is 4. The van der Waals surface area contributed by atoms with Crippen molar-refractivity contribution in [3.63, 3.8) is 0 Å².